The van der Waals surface area contributed by atoms with E-state index in [1.54, 1.807) is 6.07 Å². The van der Waals surface area contributed by atoms with Crippen molar-refractivity contribution in [2.75, 3.05) is 13.2 Å². The van der Waals surface area contributed by atoms with E-state index in [1.165, 1.54) is 0 Å². The van der Waals surface area contributed by atoms with Gasteiger partial charge in [0.2, 0.25) is 0 Å². The van der Waals surface area contributed by atoms with E-state index in [4.69, 9.17) is 9.47 Å². The van der Waals surface area contributed by atoms with Gasteiger partial charge in [0, 0.05) is 12.1 Å². The summed E-state index contributed by atoms with van der Waals surface area (Å²) >= 11 is 0. The van der Waals surface area contributed by atoms with Gasteiger partial charge in [-0.3, -0.25) is 10.1 Å². The molecule has 0 saturated heterocycles. The van der Waals surface area contributed by atoms with Gasteiger partial charge in [0.25, 0.3) is 0 Å². The Kier molecular flexibility index (Phi) is 4.71. The topological polar surface area (TPSA) is 61.6 Å². The lowest BCUT2D eigenvalue weighted by atomic mass is 10.2. The third kappa shape index (κ3) is 4.17. The predicted molar refractivity (Wildman–Crippen MR) is 75.2 cm³/mol. The molecule has 0 heterocycles. The van der Waals surface area contributed by atoms with E-state index >= 15 is 0 Å². The van der Waals surface area contributed by atoms with Gasteiger partial charge in [-0.1, -0.05) is 12.1 Å². The maximum Gasteiger partial charge on any atom is 0.311 e. The van der Waals surface area contributed by atoms with Crippen LogP contribution >= 0.6 is 0 Å². The second-order valence-electron chi connectivity index (χ2n) is 4.38. The molecule has 2 aromatic rings. The Morgan fingerprint density at radius 2 is 1.90 bits per heavy atom. The molecule has 5 nitrogen and oxygen atoms in total. The molecule has 0 aliphatic carbocycles. The second-order valence-corrected chi connectivity index (χ2v) is 4.38. The summed E-state index contributed by atoms with van der Waals surface area (Å²) in [5.74, 6) is -0.00427. The monoisotopic (exact) mass is 291 g/mol. The average molecular weight is 291 g/mol. The molecule has 0 N–H and O–H groups in total. The molecule has 2 rings (SSSR count). The van der Waals surface area contributed by atoms with Gasteiger partial charge in [0.15, 0.2) is 5.75 Å². The normalized spacial score (nSPS) is 10.2. The zero-order valence-electron chi connectivity index (χ0n) is 11.4. The summed E-state index contributed by atoms with van der Waals surface area (Å²) in [5, 5.41) is 10.8. The van der Waals surface area contributed by atoms with E-state index in [0.717, 1.165) is 23.8 Å². The van der Waals surface area contributed by atoms with Crippen molar-refractivity contribution in [1.82, 2.24) is 0 Å². The highest BCUT2D eigenvalue weighted by Crippen LogP contribution is 2.27. The first-order chi connectivity index (χ1) is 10.1. The summed E-state index contributed by atoms with van der Waals surface area (Å²) < 4.78 is 23.8. The Bertz CT molecular complexity index is 645. The van der Waals surface area contributed by atoms with Crippen LogP contribution in [0.2, 0.25) is 0 Å². The Morgan fingerprint density at radius 3 is 2.62 bits per heavy atom. The first kappa shape index (κ1) is 14.8. The number of benzene rings is 2. The van der Waals surface area contributed by atoms with Crippen LogP contribution in [0.1, 0.15) is 5.56 Å². The van der Waals surface area contributed by atoms with E-state index in [0.29, 0.717) is 5.75 Å². The van der Waals surface area contributed by atoms with Crippen molar-refractivity contribution >= 4 is 5.69 Å². The first-order valence-electron chi connectivity index (χ1n) is 6.32. The van der Waals surface area contributed by atoms with Gasteiger partial charge >= 0.3 is 5.69 Å². The van der Waals surface area contributed by atoms with Crippen molar-refractivity contribution in [3.8, 4) is 11.5 Å². The molecule has 0 amide bonds. The first-order valence-corrected chi connectivity index (χ1v) is 6.32. The zero-order chi connectivity index (χ0) is 15.2. The Labute approximate surface area is 121 Å². The quantitative estimate of drug-likeness (QED) is 0.464. The van der Waals surface area contributed by atoms with E-state index in [9.17, 15) is 14.5 Å². The molecule has 21 heavy (non-hydrogen) atoms. The van der Waals surface area contributed by atoms with Gasteiger partial charge in [-0.05, 0) is 30.7 Å². The smallest absolute Gasteiger partial charge is 0.311 e. The highest BCUT2D eigenvalue weighted by atomic mass is 19.1. The molecule has 0 radical (unpaired) electrons. The molecule has 0 bridgehead atoms. The van der Waals surface area contributed by atoms with Crippen LogP contribution < -0.4 is 9.47 Å². The molecule has 0 unspecified atom stereocenters. The summed E-state index contributed by atoms with van der Waals surface area (Å²) in [5.41, 5.74) is 0.793. The molecule has 0 aliphatic heterocycles. The fourth-order valence-corrected chi connectivity index (χ4v) is 1.77. The minimum Gasteiger partial charge on any atom is -0.490 e. The fourth-order valence-electron chi connectivity index (χ4n) is 1.77. The maximum atomic E-state index is 13.1. The minimum atomic E-state index is -0.615. The number of halogens is 1. The highest BCUT2D eigenvalue weighted by molar-refractivity contribution is 5.46. The standard InChI is InChI=1S/C15H14FNO4/c1-11-3-2-4-13(9-11)20-7-8-21-15-10-12(16)5-6-14(15)17(18)19/h2-6,9-10H,7-8H2,1H3. The maximum absolute atomic E-state index is 13.1. The van der Waals surface area contributed by atoms with E-state index in [-0.39, 0.29) is 24.7 Å². The summed E-state index contributed by atoms with van der Waals surface area (Å²) in [4.78, 5) is 10.2. The minimum absolute atomic E-state index is 0.0816. The molecule has 0 aromatic heterocycles. The molecule has 6 heteroatoms. The van der Waals surface area contributed by atoms with Gasteiger partial charge in [-0.2, -0.15) is 0 Å². The van der Waals surface area contributed by atoms with Gasteiger partial charge in [0.1, 0.15) is 24.8 Å². The average Bonchev–Trinajstić information content (AvgIpc) is 2.43. The van der Waals surface area contributed by atoms with Crippen molar-refractivity contribution in [1.29, 1.82) is 0 Å². The van der Waals surface area contributed by atoms with Crippen LogP contribution in [-0.2, 0) is 0 Å². The van der Waals surface area contributed by atoms with Crippen molar-refractivity contribution in [3.63, 3.8) is 0 Å². The third-order valence-corrected chi connectivity index (χ3v) is 2.72. The lowest BCUT2D eigenvalue weighted by Gasteiger charge is -2.09. The molecular formula is C15H14FNO4. The molecule has 110 valence electrons. The number of hydrogen-bond donors (Lipinski definition) is 0. The number of nitrogens with zero attached hydrogens (tertiary/aromatic N) is 1. The zero-order valence-corrected chi connectivity index (χ0v) is 11.4. The second kappa shape index (κ2) is 6.69. The summed E-state index contributed by atoms with van der Waals surface area (Å²) in [6.07, 6.45) is 0. The predicted octanol–water partition coefficient (Wildman–Crippen LogP) is 3.50. The molecule has 2 aromatic carbocycles. The number of aryl methyl sites for hydroxylation is 1. The lowest BCUT2D eigenvalue weighted by Crippen LogP contribution is -2.10. The summed E-state index contributed by atoms with van der Waals surface area (Å²) in [6, 6.07) is 10.6. The molecule has 0 spiro atoms. The number of rotatable bonds is 6. The van der Waals surface area contributed by atoms with Crippen LogP contribution in [0.4, 0.5) is 10.1 Å². The van der Waals surface area contributed by atoms with Crippen molar-refractivity contribution in [2.24, 2.45) is 0 Å². The van der Waals surface area contributed by atoms with Crippen molar-refractivity contribution < 1.29 is 18.8 Å². The van der Waals surface area contributed by atoms with Crippen LogP contribution in [0.25, 0.3) is 0 Å². The molecular weight excluding hydrogens is 277 g/mol. The number of nitro benzene ring substituents is 1. The molecule has 0 fully saturated rings. The van der Waals surface area contributed by atoms with Gasteiger partial charge < -0.3 is 9.47 Å². The van der Waals surface area contributed by atoms with E-state index < -0.39 is 10.7 Å². The number of ether oxygens (including phenoxy) is 2. The van der Waals surface area contributed by atoms with Gasteiger partial charge in [-0.25, -0.2) is 4.39 Å². The van der Waals surface area contributed by atoms with Crippen LogP contribution in [0, 0.1) is 22.9 Å². The van der Waals surface area contributed by atoms with Crippen LogP contribution in [-0.4, -0.2) is 18.1 Å². The van der Waals surface area contributed by atoms with Gasteiger partial charge in [0.05, 0.1) is 4.92 Å². The summed E-state index contributed by atoms with van der Waals surface area (Å²) in [6.45, 7) is 2.23. The lowest BCUT2D eigenvalue weighted by molar-refractivity contribution is -0.385. The Balaban J connectivity index is 1.91. The highest BCUT2D eigenvalue weighted by Gasteiger charge is 2.15. The Hall–Kier alpha value is -2.63. The van der Waals surface area contributed by atoms with Crippen LogP contribution in [0.15, 0.2) is 42.5 Å². The third-order valence-electron chi connectivity index (χ3n) is 2.72. The molecule has 0 aliphatic rings. The van der Waals surface area contributed by atoms with Crippen molar-refractivity contribution in [2.45, 2.75) is 6.92 Å². The largest absolute Gasteiger partial charge is 0.490 e. The number of nitro groups is 1. The van der Waals surface area contributed by atoms with Gasteiger partial charge in [-0.15, -0.1) is 0 Å². The van der Waals surface area contributed by atoms with Crippen LogP contribution in [0.3, 0.4) is 0 Å². The Morgan fingerprint density at radius 1 is 1.14 bits per heavy atom. The van der Waals surface area contributed by atoms with Crippen LogP contribution in [0.5, 0.6) is 11.5 Å². The van der Waals surface area contributed by atoms with E-state index in [1.807, 2.05) is 25.1 Å². The fraction of sp³-hybridized carbons (Fsp3) is 0.200. The number of hydrogen-bond acceptors (Lipinski definition) is 4. The SMILES string of the molecule is Cc1cccc(OCCOc2cc(F)ccc2[N+](=O)[O-])c1. The van der Waals surface area contributed by atoms with E-state index in [2.05, 4.69) is 0 Å². The molecule has 0 saturated carbocycles. The van der Waals surface area contributed by atoms with Crippen molar-refractivity contribution in [3.05, 3.63) is 64.0 Å². The molecule has 0 atom stereocenters. The summed E-state index contributed by atoms with van der Waals surface area (Å²) in [7, 11) is 0.